The third-order valence-corrected chi connectivity index (χ3v) is 4.55. The molecular weight excluding hydrogens is 355 g/mol. The van der Waals surface area contributed by atoms with Crippen LogP contribution in [0.1, 0.15) is 37.3 Å². The van der Waals surface area contributed by atoms with E-state index in [2.05, 4.69) is 48.1 Å². The molecule has 0 saturated heterocycles. The first-order chi connectivity index (χ1) is 9.29. The maximum atomic E-state index is 4.71. The molecule has 100 valence electrons. The minimum atomic E-state index is 0.545. The average Bonchev–Trinajstić information content (AvgIpc) is 3.12. The molecule has 2 aromatic heterocycles. The molecule has 0 bridgehead atoms. The number of anilines is 1. The number of aromatic amines is 1. The van der Waals surface area contributed by atoms with E-state index in [1.54, 1.807) is 0 Å². The van der Waals surface area contributed by atoms with Gasteiger partial charge in [0.15, 0.2) is 11.6 Å². The van der Waals surface area contributed by atoms with Crippen molar-refractivity contribution < 1.29 is 0 Å². The van der Waals surface area contributed by atoms with Crippen molar-refractivity contribution in [3.63, 3.8) is 0 Å². The lowest BCUT2D eigenvalue weighted by atomic mass is 10.0. The number of H-pyrrole nitrogens is 1. The van der Waals surface area contributed by atoms with Crippen molar-refractivity contribution in [2.24, 2.45) is 0 Å². The Kier molecular flexibility index (Phi) is 3.63. The lowest BCUT2D eigenvalue weighted by Gasteiger charge is -2.14. The first-order valence-electron chi connectivity index (χ1n) is 6.40. The monoisotopic (exact) mass is 370 g/mol. The van der Waals surface area contributed by atoms with Crippen LogP contribution in [-0.4, -0.2) is 32.2 Å². The summed E-state index contributed by atoms with van der Waals surface area (Å²) in [4.78, 5) is 13.4. The first kappa shape index (κ1) is 12.8. The maximum Gasteiger partial charge on any atom is 0.199 e. The Morgan fingerprint density at radius 3 is 2.74 bits per heavy atom. The summed E-state index contributed by atoms with van der Waals surface area (Å²) >= 11 is 2.33. The largest absolute Gasteiger partial charge is 0.372 e. The minimum absolute atomic E-state index is 0.545. The van der Waals surface area contributed by atoms with Gasteiger partial charge in [-0.3, -0.25) is 5.10 Å². The summed E-state index contributed by atoms with van der Waals surface area (Å²) in [6.45, 7) is 0. The molecule has 0 unspecified atom stereocenters. The van der Waals surface area contributed by atoms with E-state index in [0.29, 0.717) is 17.6 Å². The molecule has 2 heterocycles. The van der Waals surface area contributed by atoms with E-state index in [1.165, 1.54) is 32.0 Å². The Balaban J connectivity index is 2.09. The number of nitrogens with zero attached hydrogens (tertiary/aromatic N) is 4. The topological polar surface area (TPSA) is 79.4 Å². The summed E-state index contributed by atoms with van der Waals surface area (Å²) in [5.41, 5.74) is 1.14. The van der Waals surface area contributed by atoms with Crippen LogP contribution in [0.4, 0.5) is 5.82 Å². The lowest BCUT2D eigenvalue weighted by Crippen LogP contribution is -2.08. The summed E-state index contributed by atoms with van der Waals surface area (Å²) in [6.07, 6.45) is 6.48. The normalized spacial score (nSPS) is 15.9. The Hall–Kier alpha value is -1.25. The van der Waals surface area contributed by atoms with Crippen LogP contribution in [0, 0.1) is 3.57 Å². The molecule has 3 rings (SSSR count). The predicted molar refractivity (Wildman–Crippen MR) is 80.9 cm³/mol. The standard InChI is InChI=1S/C12H15IN6/c1-14-10-8(13)9(7-4-2-3-5-7)17-12(18-10)11-15-6-16-19-11/h6-7H,2-5H2,1H3,(H,14,17,18)(H,15,16,19). The Labute approximate surface area is 125 Å². The third kappa shape index (κ3) is 2.43. The SMILES string of the molecule is CNc1nc(-c2ncn[nH]2)nc(C2CCCC2)c1I. The second kappa shape index (κ2) is 5.40. The van der Waals surface area contributed by atoms with E-state index in [1.807, 2.05) is 7.05 Å². The molecule has 0 aromatic carbocycles. The van der Waals surface area contributed by atoms with Gasteiger partial charge in [-0.15, -0.1) is 0 Å². The van der Waals surface area contributed by atoms with Crippen molar-refractivity contribution in [3.05, 3.63) is 15.6 Å². The molecule has 2 aromatic rings. The fraction of sp³-hybridized carbons (Fsp3) is 0.500. The molecule has 1 saturated carbocycles. The maximum absolute atomic E-state index is 4.71. The van der Waals surface area contributed by atoms with Crippen LogP contribution in [0.2, 0.25) is 0 Å². The molecule has 1 fully saturated rings. The highest BCUT2D eigenvalue weighted by Crippen LogP contribution is 2.37. The zero-order chi connectivity index (χ0) is 13.2. The molecular formula is C12H15IN6. The van der Waals surface area contributed by atoms with Gasteiger partial charge in [0.05, 0.1) is 9.26 Å². The first-order valence-corrected chi connectivity index (χ1v) is 7.48. The Bertz CT molecular complexity index is 562. The number of nitrogens with one attached hydrogen (secondary N) is 2. The molecule has 0 amide bonds. The third-order valence-electron chi connectivity index (χ3n) is 3.48. The van der Waals surface area contributed by atoms with Gasteiger partial charge < -0.3 is 5.32 Å². The number of hydrogen-bond donors (Lipinski definition) is 2. The zero-order valence-corrected chi connectivity index (χ0v) is 12.8. The average molecular weight is 370 g/mol. The van der Waals surface area contributed by atoms with Gasteiger partial charge in [-0.25, -0.2) is 15.0 Å². The van der Waals surface area contributed by atoms with Gasteiger partial charge in [0.1, 0.15) is 12.1 Å². The van der Waals surface area contributed by atoms with Crippen LogP contribution >= 0.6 is 22.6 Å². The van der Waals surface area contributed by atoms with Crippen molar-refractivity contribution in [2.75, 3.05) is 12.4 Å². The van der Waals surface area contributed by atoms with Crippen molar-refractivity contribution in [1.29, 1.82) is 0 Å². The van der Waals surface area contributed by atoms with Gasteiger partial charge in [-0.1, -0.05) is 12.8 Å². The summed E-state index contributed by atoms with van der Waals surface area (Å²) in [6, 6.07) is 0. The van der Waals surface area contributed by atoms with E-state index in [-0.39, 0.29) is 0 Å². The van der Waals surface area contributed by atoms with Gasteiger partial charge in [0.25, 0.3) is 0 Å². The van der Waals surface area contributed by atoms with Gasteiger partial charge in [0, 0.05) is 13.0 Å². The summed E-state index contributed by atoms with van der Waals surface area (Å²) in [7, 11) is 1.88. The van der Waals surface area contributed by atoms with E-state index < -0.39 is 0 Å². The summed E-state index contributed by atoms with van der Waals surface area (Å²) < 4.78 is 1.12. The lowest BCUT2D eigenvalue weighted by molar-refractivity contribution is 0.690. The summed E-state index contributed by atoms with van der Waals surface area (Å²) in [5.74, 6) is 2.64. The number of halogens is 1. The highest BCUT2D eigenvalue weighted by atomic mass is 127. The molecule has 1 aliphatic carbocycles. The number of hydrogen-bond acceptors (Lipinski definition) is 5. The highest BCUT2D eigenvalue weighted by molar-refractivity contribution is 14.1. The molecule has 2 N–H and O–H groups in total. The quantitative estimate of drug-likeness (QED) is 0.812. The number of rotatable bonds is 3. The van der Waals surface area contributed by atoms with Gasteiger partial charge >= 0.3 is 0 Å². The van der Waals surface area contributed by atoms with Crippen molar-refractivity contribution >= 4 is 28.4 Å². The van der Waals surface area contributed by atoms with Crippen LogP contribution < -0.4 is 5.32 Å². The fourth-order valence-electron chi connectivity index (χ4n) is 2.52. The van der Waals surface area contributed by atoms with Crippen molar-refractivity contribution in [2.45, 2.75) is 31.6 Å². The van der Waals surface area contributed by atoms with Crippen LogP contribution in [0.25, 0.3) is 11.6 Å². The van der Waals surface area contributed by atoms with E-state index in [4.69, 9.17) is 4.98 Å². The Morgan fingerprint density at radius 1 is 1.32 bits per heavy atom. The van der Waals surface area contributed by atoms with Crippen LogP contribution in [-0.2, 0) is 0 Å². The molecule has 0 aliphatic heterocycles. The van der Waals surface area contributed by atoms with Crippen LogP contribution in [0.3, 0.4) is 0 Å². The minimum Gasteiger partial charge on any atom is -0.372 e. The second-order valence-electron chi connectivity index (χ2n) is 4.66. The molecule has 1 aliphatic rings. The Morgan fingerprint density at radius 2 is 2.11 bits per heavy atom. The van der Waals surface area contributed by atoms with Gasteiger partial charge in [0.2, 0.25) is 0 Å². The molecule has 7 heteroatoms. The molecule has 0 spiro atoms. The predicted octanol–water partition coefficient (Wildman–Crippen LogP) is 2.57. The van der Waals surface area contributed by atoms with Crippen molar-refractivity contribution in [1.82, 2.24) is 25.1 Å². The molecule has 0 radical (unpaired) electrons. The second-order valence-corrected chi connectivity index (χ2v) is 5.74. The van der Waals surface area contributed by atoms with E-state index in [0.717, 1.165) is 15.1 Å². The van der Waals surface area contributed by atoms with E-state index in [9.17, 15) is 0 Å². The van der Waals surface area contributed by atoms with Gasteiger partial charge in [-0.05, 0) is 35.4 Å². The van der Waals surface area contributed by atoms with Gasteiger partial charge in [-0.2, -0.15) is 5.10 Å². The summed E-state index contributed by atoms with van der Waals surface area (Å²) in [5, 5.41) is 9.83. The number of aromatic nitrogens is 5. The van der Waals surface area contributed by atoms with Crippen molar-refractivity contribution in [3.8, 4) is 11.6 Å². The smallest absolute Gasteiger partial charge is 0.199 e. The van der Waals surface area contributed by atoms with Crippen LogP contribution in [0.5, 0.6) is 0 Å². The zero-order valence-electron chi connectivity index (χ0n) is 10.6. The fourth-order valence-corrected chi connectivity index (χ4v) is 3.47. The van der Waals surface area contributed by atoms with Crippen LogP contribution in [0.15, 0.2) is 6.33 Å². The highest BCUT2D eigenvalue weighted by Gasteiger charge is 2.24. The molecule has 0 atom stereocenters. The molecule has 19 heavy (non-hydrogen) atoms. The van der Waals surface area contributed by atoms with E-state index >= 15 is 0 Å². The molecule has 6 nitrogen and oxygen atoms in total.